The second-order valence-electron chi connectivity index (χ2n) is 6.22. The van der Waals surface area contributed by atoms with Gasteiger partial charge in [-0.1, -0.05) is 30.9 Å². The zero-order valence-electron chi connectivity index (χ0n) is 14.1. The first-order valence-corrected chi connectivity index (χ1v) is 11.1. The molecule has 2 aromatic rings. The highest BCUT2D eigenvalue weighted by Crippen LogP contribution is 2.55. The average molecular weight is 469 g/mol. The fourth-order valence-corrected chi connectivity index (χ4v) is 5.50. The first-order valence-electron chi connectivity index (χ1n) is 8.06. The molecule has 0 amide bonds. The van der Waals surface area contributed by atoms with E-state index in [-0.39, 0.29) is 5.92 Å². The number of hydrogen-bond acceptors (Lipinski definition) is 3. The third-order valence-electron chi connectivity index (χ3n) is 4.25. The topological polar surface area (TPSA) is 57.2 Å². The molecule has 1 aliphatic rings. The summed E-state index contributed by atoms with van der Waals surface area (Å²) in [5.74, 6) is 0.0832. The lowest BCUT2D eigenvalue weighted by molar-refractivity contribution is -0.0868. The van der Waals surface area contributed by atoms with Crippen molar-refractivity contribution in [3.63, 3.8) is 0 Å². The summed E-state index contributed by atoms with van der Waals surface area (Å²) in [6.45, 7) is 0. The molecule has 28 heavy (non-hydrogen) atoms. The molecule has 0 spiro atoms. The van der Waals surface area contributed by atoms with Gasteiger partial charge in [-0.2, -0.15) is 13.2 Å². The third-order valence-corrected chi connectivity index (χ3v) is 7.23. The number of rotatable bonds is 1. The van der Waals surface area contributed by atoms with E-state index in [2.05, 4.69) is 0 Å². The molecule has 3 rings (SSSR count). The molecule has 0 saturated heterocycles. The van der Waals surface area contributed by atoms with Crippen molar-refractivity contribution in [3.8, 4) is 0 Å². The van der Waals surface area contributed by atoms with Crippen LogP contribution in [0.25, 0.3) is 10.1 Å². The smallest absolute Gasteiger partial charge is 0.600 e. The van der Waals surface area contributed by atoms with Crippen molar-refractivity contribution in [3.05, 3.63) is 34.2 Å². The highest BCUT2D eigenvalue weighted by molar-refractivity contribution is 7.86. The van der Waals surface area contributed by atoms with Crippen LogP contribution in [-0.4, -0.2) is 18.5 Å². The predicted octanol–water partition coefficient (Wildman–Crippen LogP) is 6.82. The summed E-state index contributed by atoms with van der Waals surface area (Å²) >= 11 is 5.89. The molecule has 1 fully saturated rings. The molecular weight excluding hydrogens is 454 g/mol. The van der Waals surface area contributed by atoms with Gasteiger partial charge in [-0.25, -0.2) is 8.42 Å². The van der Waals surface area contributed by atoms with Gasteiger partial charge in [0, 0.05) is 28.5 Å². The number of hydrogen-bond donors (Lipinski definition) is 0. The van der Waals surface area contributed by atoms with Crippen molar-refractivity contribution in [2.45, 2.75) is 49.0 Å². The Morgan fingerprint density at radius 2 is 1.54 bits per heavy atom. The number of halogens is 7. The van der Waals surface area contributed by atoms with Crippen LogP contribution >= 0.6 is 22.1 Å². The average Bonchev–Trinajstić information content (AvgIpc) is 2.93. The quantitative estimate of drug-likeness (QED) is 0.200. The van der Waals surface area contributed by atoms with E-state index in [1.165, 1.54) is 6.07 Å². The fourth-order valence-electron chi connectivity index (χ4n) is 3.07. The van der Waals surface area contributed by atoms with E-state index < -0.39 is 31.6 Å². The van der Waals surface area contributed by atoms with E-state index in [4.69, 9.17) is 24.6 Å². The Bertz CT molecular complexity index is 928. The van der Waals surface area contributed by atoms with E-state index in [0.29, 0.717) is 20.0 Å². The van der Waals surface area contributed by atoms with Gasteiger partial charge in [0.25, 0.3) is 0 Å². The van der Waals surface area contributed by atoms with Crippen LogP contribution in [0.2, 0.25) is 5.02 Å². The molecule has 1 heterocycles. The molecular formula is C16H15ClF6O3S2. The van der Waals surface area contributed by atoms with E-state index in [9.17, 15) is 26.3 Å². The molecule has 1 aliphatic carbocycles. The Kier molecular flexibility index (Phi) is 6.95. The summed E-state index contributed by atoms with van der Waals surface area (Å²) in [5.41, 5.74) is -9.85. The Balaban J connectivity index is 0.000000300. The summed E-state index contributed by atoms with van der Waals surface area (Å²) in [7, 11) is -7.88. The van der Waals surface area contributed by atoms with Crippen molar-refractivity contribution in [1.29, 1.82) is 0 Å². The molecule has 1 saturated carbocycles. The lowest BCUT2D eigenvalue weighted by atomic mass is 9.88. The molecule has 158 valence electrons. The molecule has 12 heteroatoms. The maximum Gasteiger partial charge on any atom is 0.600 e. The van der Waals surface area contributed by atoms with E-state index >= 15 is 0 Å². The van der Waals surface area contributed by atoms with Crippen LogP contribution in [0.4, 0.5) is 26.3 Å². The zero-order chi connectivity index (χ0) is 21.3. The Morgan fingerprint density at radius 1 is 1.00 bits per heavy atom. The minimum absolute atomic E-state index is 0.0832. The monoisotopic (exact) mass is 468 g/mol. The van der Waals surface area contributed by atoms with Gasteiger partial charge in [-0.05, 0) is 25.0 Å². The summed E-state index contributed by atoms with van der Waals surface area (Å²) < 4.78 is 99.8. The van der Waals surface area contributed by atoms with Crippen LogP contribution in [-0.2, 0) is 15.6 Å². The highest BCUT2D eigenvalue weighted by atomic mass is 35.5. The minimum atomic E-state index is -6.09. The van der Waals surface area contributed by atoms with Crippen molar-refractivity contribution in [1.82, 2.24) is 0 Å². The molecule has 0 radical (unpaired) electrons. The van der Waals surface area contributed by atoms with Gasteiger partial charge >= 0.3 is 11.0 Å². The SMILES string of the molecule is FC(F)(F)[s+]1c(C2CCCCC2)cc2ccc(Cl)cc21.O=S(=O)([O-])C(F)(F)F. The molecule has 3 nitrogen and oxygen atoms in total. The molecule has 1 unspecified atom stereocenters. The standard InChI is InChI=1S/C15H15ClF3S.CHF3O3S/c16-12-7-6-11-8-13(10-4-2-1-3-5-10)20(14(11)9-12)15(17,18)19;2-1(3,4)8(5,6)7/h6-10H,1-5H2;(H,5,6,7)/q+1;/p-1. The normalized spacial score (nSPS) is 17.4. The Labute approximate surface area is 165 Å². The van der Waals surface area contributed by atoms with Crippen LogP contribution in [0.5, 0.6) is 0 Å². The number of thiophene rings is 1. The lowest BCUT2D eigenvalue weighted by Gasteiger charge is -2.18. The predicted molar refractivity (Wildman–Crippen MR) is 94.3 cm³/mol. The van der Waals surface area contributed by atoms with Crippen LogP contribution in [0.1, 0.15) is 42.9 Å². The van der Waals surface area contributed by atoms with Gasteiger partial charge < -0.3 is 4.55 Å². The summed E-state index contributed by atoms with van der Waals surface area (Å²) in [5, 5.41) is 1.07. The highest BCUT2D eigenvalue weighted by Gasteiger charge is 2.49. The molecule has 1 aromatic heterocycles. The number of alkyl halides is 6. The summed E-state index contributed by atoms with van der Waals surface area (Å²) in [4.78, 5) is 0.578. The molecule has 0 aliphatic heterocycles. The van der Waals surface area contributed by atoms with E-state index in [1.54, 1.807) is 18.2 Å². The maximum absolute atomic E-state index is 13.5. The summed E-state index contributed by atoms with van der Waals surface area (Å²) in [6, 6.07) is 6.62. The van der Waals surface area contributed by atoms with Gasteiger partial charge in [-0.3, -0.25) is 0 Å². The van der Waals surface area contributed by atoms with Crippen molar-refractivity contribution >= 4 is 42.3 Å². The van der Waals surface area contributed by atoms with Gasteiger partial charge in [0.15, 0.2) is 19.7 Å². The fraction of sp³-hybridized carbons (Fsp3) is 0.500. The largest absolute Gasteiger partial charge is 0.741 e. The number of fused-ring (bicyclic) bond motifs is 1. The molecule has 1 aromatic carbocycles. The minimum Gasteiger partial charge on any atom is -0.741 e. The third kappa shape index (κ3) is 5.52. The second kappa shape index (κ2) is 8.37. The lowest BCUT2D eigenvalue weighted by Crippen LogP contribution is -2.21. The molecule has 1 atom stereocenters. The van der Waals surface area contributed by atoms with Gasteiger partial charge in [0.2, 0.25) is 0 Å². The summed E-state index contributed by atoms with van der Waals surface area (Å²) in [6.07, 6.45) is 4.98. The van der Waals surface area contributed by atoms with E-state index in [0.717, 1.165) is 32.1 Å². The van der Waals surface area contributed by atoms with Crippen LogP contribution in [0, 0.1) is 0 Å². The van der Waals surface area contributed by atoms with E-state index in [1.807, 2.05) is 0 Å². The van der Waals surface area contributed by atoms with Crippen LogP contribution < -0.4 is 0 Å². The maximum atomic E-state index is 13.5. The van der Waals surface area contributed by atoms with Crippen LogP contribution in [0.15, 0.2) is 24.3 Å². The van der Waals surface area contributed by atoms with Crippen molar-refractivity contribution in [2.24, 2.45) is 0 Å². The molecule has 0 N–H and O–H groups in total. The Morgan fingerprint density at radius 3 is 2.00 bits per heavy atom. The zero-order valence-corrected chi connectivity index (χ0v) is 16.5. The van der Waals surface area contributed by atoms with Crippen molar-refractivity contribution in [2.75, 3.05) is 0 Å². The Hall–Kier alpha value is -1.04. The van der Waals surface area contributed by atoms with Crippen LogP contribution in [0.3, 0.4) is 0 Å². The number of benzene rings is 1. The second-order valence-corrected chi connectivity index (χ2v) is 10.0. The van der Waals surface area contributed by atoms with Crippen molar-refractivity contribution < 1.29 is 39.3 Å². The molecule has 0 bridgehead atoms. The van der Waals surface area contributed by atoms with Gasteiger partial charge in [0.05, 0.1) is 10.5 Å². The first-order chi connectivity index (χ1) is 12.7. The van der Waals surface area contributed by atoms with Gasteiger partial charge in [0.1, 0.15) is 0 Å². The van der Waals surface area contributed by atoms with Gasteiger partial charge in [-0.15, -0.1) is 13.2 Å². The first kappa shape index (κ1) is 23.2.